The van der Waals surface area contributed by atoms with Gasteiger partial charge in [0.25, 0.3) is 0 Å². The van der Waals surface area contributed by atoms with Gasteiger partial charge in [-0.2, -0.15) is 0 Å². The lowest BCUT2D eigenvalue weighted by Crippen LogP contribution is -2.18. The molecule has 1 nitrogen and oxygen atoms in total. The van der Waals surface area contributed by atoms with E-state index >= 15 is 0 Å². The zero-order valence-electron chi connectivity index (χ0n) is 12.7. The van der Waals surface area contributed by atoms with Crippen LogP contribution in [-0.4, -0.2) is 5.52 Å². The zero-order valence-corrected chi connectivity index (χ0v) is 13.6. The Morgan fingerprint density at radius 1 is 0.739 bits per heavy atom. The highest BCUT2D eigenvalue weighted by molar-refractivity contribution is 7.88. The number of carbonyl (C=O) groups excluding carboxylic acids is 1. The summed E-state index contributed by atoms with van der Waals surface area (Å²) in [6.45, 7) is 3.75. The van der Waals surface area contributed by atoms with E-state index in [1.54, 1.807) is 6.08 Å². The van der Waals surface area contributed by atoms with Gasteiger partial charge in [-0.25, -0.2) is 0 Å². The maximum Gasteiger partial charge on any atom is 0.193 e. The smallest absolute Gasteiger partial charge is 0.193 e. The Morgan fingerprint density at radius 3 is 1.65 bits per heavy atom. The lowest BCUT2D eigenvalue weighted by molar-refractivity contribution is 0.108. The molecule has 0 unspecified atom stereocenters. The Balaban J connectivity index is 2.04. The predicted octanol–water partition coefficient (Wildman–Crippen LogP) is 4.60. The van der Waals surface area contributed by atoms with Crippen molar-refractivity contribution in [2.75, 3.05) is 0 Å². The van der Waals surface area contributed by atoms with E-state index in [4.69, 9.17) is 0 Å². The highest BCUT2D eigenvalue weighted by Gasteiger charge is 2.23. The first-order chi connectivity index (χ1) is 11.3. The second-order valence-corrected chi connectivity index (χ2v) is 7.25. The molecule has 3 aromatic carbocycles. The summed E-state index contributed by atoms with van der Waals surface area (Å²) in [5.74, 6) is 0. The van der Waals surface area contributed by atoms with Gasteiger partial charge in [0, 0.05) is 13.5 Å². The van der Waals surface area contributed by atoms with Gasteiger partial charge in [0.05, 0.1) is 0 Å². The molecule has 0 amide bonds. The molecule has 0 N–H and O–H groups in total. The van der Waals surface area contributed by atoms with Gasteiger partial charge >= 0.3 is 0 Å². The lowest BCUT2D eigenvalue weighted by atomic mass is 10.1. The van der Waals surface area contributed by atoms with Gasteiger partial charge in [-0.05, 0) is 16.2 Å². The van der Waals surface area contributed by atoms with Crippen molar-refractivity contribution in [3.05, 3.63) is 103 Å². The van der Waals surface area contributed by atoms with Crippen LogP contribution in [0.15, 0.2) is 91.5 Å². The number of hydrogen-bond acceptors (Lipinski definition) is 1. The van der Waals surface area contributed by atoms with Gasteiger partial charge < -0.3 is 0 Å². The van der Waals surface area contributed by atoms with Crippen molar-refractivity contribution in [3.63, 3.8) is 0 Å². The standard InChI is InChI=1S/C21H17OP/c1-2-17-13-15-18(16-14-17)21(22)23(19-9-5-3-6-10-19)20-11-7-4-8-12-20/h2-16H,1H2. The average molecular weight is 316 g/mol. The second-order valence-electron chi connectivity index (χ2n) is 5.14. The molecule has 0 heterocycles. The predicted molar refractivity (Wildman–Crippen MR) is 99.9 cm³/mol. The first-order valence-electron chi connectivity index (χ1n) is 7.46. The van der Waals surface area contributed by atoms with Crippen molar-refractivity contribution in [2.24, 2.45) is 0 Å². The molecule has 0 aliphatic carbocycles. The molecule has 0 aliphatic heterocycles. The molecular weight excluding hydrogens is 299 g/mol. The van der Waals surface area contributed by atoms with E-state index in [1.165, 1.54) is 0 Å². The topological polar surface area (TPSA) is 17.1 Å². The Labute approximate surface area is 138 Å². The molecule has 0 aliphatic rings. The van der Waals surface area contributed by atoms with E-state index in [1.807, 2.05) is 84.9 Å². The molecule has 0 atom stereocenters. The lowest BCUT2D eigenvalue weighted by Gasteiger charge is -2.17. The Bertz CT molecular complexity index is 753. The van der Waals surface area contributed by atoms with Crippen LogP contribution in [0.3, 0.4) is 0 Å². The van der Waals surface area contributed by atoms with Gasteiger partial charge in [-0.3, -0.25) is 4.79 Å². The second kappa shape index (κ2) is 7.17. The van der Waals surface area contributed by atoms with Crippen LogP contribution in [0.2, 0.25) is 0 Å². The third-order valence-electron chi connectivity index (χ3n) is 3.63. The summed E-state index contributed by atoms with van der Waals surface area (Å²) in [5.41, 5.74) is 1.94. The molecule has 0 saturated heterocycles. The zero-order chi connectivity index (χ0) is 16.1. The third-order valence-corrected chi connectivity index (χ3v) is 5.92. The molecule has 0 saturated carbocycles. The fraction of sp³-hybridized carbons (Fsp3) is 0. The summed E-state index contributed by atoms with van der Waals surface area (Å²) >= 11 is 0. The van der Waals surface area contributed by atoms with E-state index in [0.29, 0.717) is 0 Å². The van der Waals surface area contributed by atoms with Crippen LogP contribution in [0.1, 0.15) is 15.9 Å². The van der Waals surface area contributed by atoms with Gasteiger partial charge in [0.1, 0.15) is 0 Å². The maximum atomic E-state index is 13.1. The first kappa shape index (κ1) is 15.4. The normalized spacial score (nSPS) is 10.5. The number of carbonyl (C=O) groups is 1. The molecule has 0 radical (unpaired) electrons. The third kappa shape index (κ3) is 3.47. The summed E-state index contributed by atoms with van der Waals surface area (Å²) in [5, 5.41) is 2.15. The van der Waals surface area contributed by atoms with Gasteiger partial charge in [-0.15, -0.1) is 0 Å². The molecule has 2 heteroatoms. The molecule has 3 rings (SSSR count). The first-order valence-corrected chi connectivity index (χ1v) is 8.81. The molecule has 3 aromatic rings. The van der Waals surface area contributed by atoms with Gasteiger partial charge in [0.2, 0.25) is 0 Å². The number of hydrogen-bond donors (Lipinski definition) is 0. The molecular formula is C21H17OP. The van der Waals surface area contributed by atoms with E-state index in [0.717, 1.165) is 21.7 Å². The van der Waals surface area contributed by atoms with Crippen LogP contribution in [-0.2, 0) is 0 Å². The maximum absolute atomic E-state index is 13.1. The number of rotatable bonds is 5. The van der Waals surface area contributed by atoms with Crippen LogP contribution in [0.5, 0.6) is 0 Å². The molecule has 0 spiro atoms. The highest BCUT2D eigenvalue weighted by atomic mass is 31.1. The minimum Gasteiger partial charge on any atom is -0.288 e. The van der Waals surface area contributed by atoms with Crippen molar-refractivity contribution in [1.82, 2.24) is 0 Å². The highest BCUT2D eigenvalue weighted by Crippen LogP contribution is 2.37. The van der Waals surface area contributed by atoms with Gasteiger partial charge in [-0.1, -0.05) is 97.6 Å². The molecule has 0 aromatic heterocycles. The molecule has 0 bridgehead atoms. The van der Waals surface area contributed by atoms with Crippen LogP contribution in [0, 0.1) is 0 Å². The Hall–Kier alpha value is -2.50. The summed E-state index contributed by atoms with van der Waals surface area (Å²) in [6.07, 6.45) is 1.78. The van der Waals surface area contributed by atoms with Crippen molar-refractivity contribution >= 4 is 30.1 Å². The quantitative estimate of drug-likeness (QED) is 0.629. The van der Waals surface area contributed by atoms with E-state index in [2.05, 4.69) is 6.58 Å². The summed E-state index contributed by atoms with van der Waals surface area (Å²) in [6, 6.07) is 27.7. The summed E-state index contributed by atoms with van der Waals surface area (Å²) in [7, 11) is -1.07. The van der Waals surface area contributed by atoms with Crippen molar-refractivity contribution in [2.45, 2.75) is 0 Å². The monoisotopic (exact) mass is 316 g/mol. The van der Waals surface area contributed by atoms with E-state index < -0.39 is 7.92 Å². The fourth-order valence-corrected chi connectivity index (χ4v) is 4.54. The van der Waals surface area contributed by atoms with E-state index in [-0.39, 0.29) is 5.52 Å². The molecule has 112 valence electrons. The van der Waals surface area contributed by atoms with Gasteiger partial charge in [0.15, 0.2) is 5.52 Å². The van der Waals surface area contributed by atoms with Crippen molar-refractivity contribution < 1.29 is 4.79 Å². The van der Waals surface area contributed by atoms with Crippen LogP contribution in [0.25, 0.3) is 6.08 Å². The number of benzene rings is 3. The van der Waals surface area contributed by atoms with E-state index in [9.17, 15) is 4.79 Å². The minimum absolute atomic E-state index is 0.174. The minimum atomic E-state index is -1.07. The Morgan fingerprint density at radius 2 is 1.22 bits per heavy atom. The Kier molecular flexibility index (Phi) is 4.80. The summed E-state index contributed by atoms with van der Waals surface area (Å²) in [4.78, 5) is 13.1. The van der Waals surface area contributed by atoms with Crippen molar-refractivity contribution in [1.29, 1.82) is 0 Å². The largest absolute Gasteiger partial charge is 0.288 e. The molecule has 0 fully saturated rings. The van der Waals surface area contributed by atoms with Crippen molar-refractivity contribution in [3.8, 4) is 0 Å². The SMILES string of the molecule is C=Cc1ccc(C(=O)P(c2ccccc2)c2ccccc2)cc1. The van der Waals surface area contributed by atoms with Crippen LogP contribution < -0.4 is 10.6 Å². The average Bonchev–Trinajstić information content (AvgIpc) is 2.64. The molecule has 23 heavy (non-hydrogen) atoms. The van der Waals surface area contributed by atoms with Crippen LogP contribution >= 0.6 is 7.92 Å². The van der Waals surface area contributed by atoms with Crippen LogP contribution in [0.4, 0.5) is 0 Å². The summed E-state index contributed by atoms with van der Waals surface area (Å²) < 4.78 is 0. The fourth-order valence-electron chi connectivity index (χ4n) is 2.43.